The summed E-state index contributed by atoms with van der Waals surface area (Å²) in [5.41, 5.74) is -0.858. The van der Waals surface area contributed by atoms with Gasteiger partial charge in [-0.25, -0.2) is 0 Å². The zero-order valence-corrected chi connectivity index (χ0v) is 11.7. The smallest absolute Gasteiger partial charge is 0.220 e. The van der Waals surface area contributed by atoms with Crippen LogP contribution in [0.1, 0.15) is 45.4 Å². The number of aliphatic hydroxyl groups is 2. The van der Waals surface area contributed by atoms with Crippen LogP contribution in [0.2, 0.25) is 0 Å². The minimum Gasteiger partial charge on any atom is -0.394 e. The van der Waals surface area contributed by atoms with Crippen LogP contribution in [0.5, 0.6) is 0 Å². The van der Waals surface area contributed by atoms with Crippen molar-refractivity contribution >= 4 is 5.91 Å². The van der Waals surface area contributed by atoms with Crippen molar-refractivity contribution in [2.24, 2.45) is 5.92 Å². The standard InChI is InChI=1S/C14H26N2O3/c1-2-14(8-17,9-18)16-13(19)7-10-5-11-3-4-12(6-10)15-11/h10-12,15,17-18H,2-9H2,1H3,(H,16,19). The third kappa shape index (κ3) is 3.46. The lowest BCUT2D eigenvalue weighted by molar-refractivity contribution is -0.125. The van der Waals surface area contributed by atoms with E-state index in [-0.39, 0.29) is 19.1 Å². The summed E-state index contributed by atoms with van der Waals surface area (Å²) < 4.78 is 0. The molecule has 2 bridgehead atoms. The summed E-state index contributed by atoms with van der Waals surface area (Å²) in [5.74, 6) is 0.391. The molecule has 0 aromatic heterocycles. The van der Waals surface area contributed by atoms with Crippen LogP contribution in [0.4, 0.5) is 0 Å². The van der Waals surface area contributed by atoms with Crippen LogP contribution in [0.15, 0.2) is 0 Å². The molecule has 2 unspecified atom stereocenters. The Kier molecular flexibility index (Phi) is 4.81. The minimum atomic E-state index is -0.858. The molecule has 0 aliphatic carbocycles. The van der Waals surface area contributed by atoms with Crippen molar-refractivity contribution in [3.63, 3.8) is 0 Å². The average molecular weight is 270 g/mol. The van der Waals surface area contributed by atoms with Crippen molar-refractivity contribution in [1.29, 1.82) is 0 Å². The van der Waals surface area contributed by atoms with Gasteiger partial charge in [-0.1, -0.05) is 6.92 Å². The number of fused-ring (bicyclic) bond motifs is 2. The number of amides is 1. The molecule has 2 aliphatic heterocycles. The van der Waals surface area contributed by atoms with Crippen molar-refractivity contribution in [2.75, 3.05) is 13.2 Å². The third-order valence-electron chi connectivity index (χ3n) is 4.73. The molecule has 0 radical (unpaired) electrons. The number of piperidine rings is 1. The highest BCUT2D eigenvalue weighted by Crippen LogP contribution is 2.32. The van der Waals surface area contributed by atoms with Crippen LogP contribution in [-0.4, -0.2) is 47.0 Å². The normalized spacial score (nSPS) is 30.4. The van der Waals surface area contributed by atoms with Gasteiger partial charge in [0.25, 0.3) is 0 Å². The zero-order chi connectivity index (χ0) is 13.9. The van der Waals surface area contributed by atoms with E-state index in [0.717, 1.165) is 12.8 Å². The van der Waals surface area contributed by atoms with Gasteiger partial charge in [0.2, 0.25) is 5.91 Å². The summed E-state index contributed by atoms with van der Waals surface area (Å²) >= 11 is 0. The molecule has 2 rings (SSSR count). The van der Waals surface area contributed by atoms with E-state index in [9.17, 15) is 15.0 Å². The zero-order valence-electron chi connectivity index (χ0n) is 11.7. The molecule has 5 nitrogen and oxygen atoms in total. The summed E-state index contributed by atoms with van der Waals surface area (Å²) in [6, 6.07) is 1.17. The lowest BCUT2D eigenvalue weighted by atomic mass is 9.88. The van der Waals surface area contributed by atoms with Crippen LogP contribution in [0.25, 0.3) is 0 Å². The van der Waals surface area contributed by atoms with E-state index in [1.165, 1.54) is 12.8 Å². The molecule has 4 N–H and O–H groups in total. The first-order chi connectivity index (χ1) is 9.10. The van der Waals surface area contributed by atoms with Gasteiger partial charge in [0.05, 0.1) is 18.8 Å². The molecule has 0 aromatic rings. The van der Waals surface area contributed by atoms with Crippen LogP contribution in [0.3, 0.4) is 0 Å². The fraction of sp³-hybridized carbons (Fsp3) is 0.929. The predicted octanol–water partition coefficient (Wildman–Crippen LogP) is 0.157. The quantitative estimate of drug-likeness (QED) is 0.554. The second-order valence-corrected chi connectivity index (χ2v) is 6.18. The lowest BCUT2D eigenvalue weighted by Crippen LogP contribution is -2.54. The minimum absolute atomic E-state index is 0.0451. The lowest BCUT2D eigenvalue weighted by Gasteiger charge is -2.32. The van der Waals surface area contributed by atoms with E-state index < -0.39 is 5.54 Å². The number of nitrogens with one attached hydrogen (secondary N) is 2. The summed E-state index contributed by atoms with van der Waals surface area (Å²) in [5, 5.41) is 25.1. The predicted molar refractivity (Wildman–Crippen MR) is 72.6 cm³/mol. The van der Waals surface area contributed by atoms with Gasteiger partial charge in [0.1, 0.15) is 0 Å². The molecule has 110 valence electrons. The Labute approximate surface area is 114 Å². The van der Waals surface area contributed by atoms with Crippen LogP contribution >= 0.6 is 0 Å². The first-order valence-corrected chi connectivity index (χ1v) is 7.39. The molecule has 0 aromatic carbocycles. The van der Waals surface area contributed by atoms with E-state index in [1.807, 2.05) is 6.92 Å². The molecule has 0 saturated carbocycles. The van der Waals surface area contributed by atoms with E-state index in [1.54, 1.807) is 0 Å². The first kappa shape index (κ1) is 14.8. The van der Waals surface area contributed by atoms with Gasteiger partial charge in [-0.15, -0.1) is 0 Å². The Hall–Kier alpha value is -0.650. The monoisotopic (exact) mass is 270 g/mol. The van der Waals surface area contributed by atoms with Gasteiger partial charge in [0, 0.05) is 18.5 Å². The highest BCUT2D eigenvalue weighted by Gasteiger charge is 2.35. The fourth-order valence-electron chi connectivity index (χ4n) is 3.39. The number of rotatable bonds is 6. The maximum Gasteiger partial charge on any atom is 0.220 e. The van der Waals surface area contributed by atoms with Gasteiger partial charge in [-0.3, -0.25) is 4.79 Å². The number of carbonyl (C=O) groups is 1. The molecule has 2 atom stereocenters. The molecule has 19 heavy (non-hydrogen) atoms. The Balaban J connectivity index is 1.84. The Morgan fingerprint density at radius 3 is 2.32 bits per heavy atom. The molecule has 2 heterocycles. The molecule has 2 aliphatic rings. The SMILES string of the molecule is CCC(CO)(CO)NC(=O)CC1CC2CCC(C1)N2. The van der Waals surface area contributed by atoms with E-state index in [0.29, 0.717) is 30.8 Å². The van der Waals surface area contributed by atoms with Crippen molar-refractivity contribution in [3.05, 3.63) is 0 Å². The Morgan fingerprint density at radius 1 is 1.26 bits per heavy atom. The number of aliphatic hydroxyl groups excluding tert-OH is 2. The van der Waals surface area contributed by atoms with Crippen LogP contribution in [-0.2, 0) is 4.79 Å². The largest absolute Gasteiger partial charge is 0.394 e. The molecular formula is C14H26N2O3. The number of carbonyl (C=O) groups excluding carboxylic acids is 1. The van der Waals surface area contributed by atoms with Gasteiger partial charge < -0.3 is 20.8 Å². The van der Waals surface area contributed by atoms with Gasteiger partial charge in [-0.2, -0.15) is 0 Å². The summed E-state index contributed by atoms with van der Waals surface area (Å²) in [7, 11) is 0. The van der Waals surface area contributed by atoms with Crippen molar-refractivity contribution in [3.8, 4) is 0 Å². The summed E-state index contributed by atoms with van der Waals surface area (Å²) in [6.07, 6.45) is 5.64. The second-order valence-electron chi connectivity index (χ2n) is 6.18. The number of hydrogen-bond acceptors (Lipinski definition) is 4. The topological polar surface area (TPSA) is 81.6 Å². The van der Waals surface area contributed by atoms with E-state index >= 15 is 0 Å². The molecule has 5 heteroatoms. The van der Waals surface area contributed by atoms with Crippen molar-refractivity contribution in [1.82, 2.24) is 10.6 Å². The second kappa shape index (κ2) is 6.20. The van der Waals surface area contributed by atoms with Crippen molar-refractivity contribution < 1.29 is 15.0 Å². The molecular weight excluding hydrogens is 244 g/mol. The third-order valence-corrected chi connectivity index (χ3v) is 4.73. The van der Waals surface area contributed by atoms with Gasteiger partial charge in [-0.05, 0) is 38.0 Å². The summed E-state index contributed by atoms with van der Waals surface area (Å²) in [6.45, 7) is 1.42. The van der Waals surface area contributed by atoms with E-state index in [2.05, 4.69) is 10.6 Å². The maximum absolute atomic E-state index is 12.1. The Bertz CT molecular complexity index is 298. The highest BCUT2D eigenvalue weighted by molar-refractivity contribution is 5.77. The Morgan fingerprint density at radius 2 is 1.84 bits per heavy atom. The van der Waals surface area contributed by atoms with Crippen LogP contribution < -0.4 is 10.6 Å². The fourth-order valence-corrected chi connectivity index (χ4v) is 3.39. The van der Waals surface area contributed by atoms with Crippen molar-refractivity contribution in [2.45, 2.75) is 63.1 Å². The van der Waals surface area contributed by atoms with Gasteiger partial charge >= 0.3 is 0 Å². The molecule has 0 spiro atoms. The molecule has 2 saturated heterocycles. The molecule has 2 fully saturated rings. The average Bonchev–Trinajstić information content (AvgIpc) is 2.75. The summed E-state index contributed by atoms with van der Waals surface area (Å²) in [4.78, 5) is 12.1. The maximum atomic E-state index is 12.1. The van der Waals surface area contributed by atoms with Crippen LogP contribution in [0, 0.1) is 5.92 Å². The molecule has 1 amide bonds. The highest BCUT2D eigenvalue weighted by atomic mass is 16.3. The van der Waals surface area contributed by atoms with Gasteiger partial charge in [0.15, 0.2) is 0 Å². The first-order valence-electron chi connectivity index (χ1n) is 7.39. The number of hydrogen-bond donors (Lipinski definition) is 4. The van der Waals surface area contributed by atoms with E-state index in [4.69, 9.17) is 0 Å².